The molecule has 0 N–H and O–H groups in total. The predicted molar refractivity (Wildman–Crippen MR) is 80.1 cm³/mol. The van der Waals surface area contributed by atoms with Crippen molar-refractivity contribution in [2.24, 2.45) is 5.92 Å². The normalized spacial score (nSPS) is 23.9. The van der Waals surface area contributed by atoms with Crippen LogP contribution in [0.5, 0.6) is 5.75 Å². The Bertz CT molecular complexity index is 478. The summed E-state index contributed by atoms with van der Waals surface area (Å²) < 4.78 is 11.4. The highest BCUT2D eigenvalue weighted by atomic mass is 16.5. The fraction of sp³-hybridized carbons (Fsp3) is 0.647. The second kappa shape index (κ2) is 5.38. The van der Waals surface area contributed by atoms with E-state index in [-0.39, 0.29) is 5.60 Å². The van der Waals surface area contributed by atoms with Crippen LogP contribution in [-0.2, 0) is 17.7 Å². The molecule has 1 atom stereocenters. The molecule has 0 aliphatic carbocycles. The standard InChI is InChI=1S/C17H25NO2/c1-17(2)9-15-8-13(4-5-16(15)20-17)10-18(3)11-14-6-7-19-12-14/h4-5,8,14H,6-7,9-12H2,1-3H3/t14-/m0/s1. The van der Waals surface area contributed by atoms with Crippen molar-refractivity contribution in [2.75, 3.05) is 26.8 Å². The highest BCUT2D eigenvalue weighted by molar-refractivity contribution is 5.41. The van der Waals surface area contributed by atoms with E-state index in [1.165, 1.54) is 17.5 Å². The van der Waals surface area contributed by atoms with Crippen LogP contribution in [0.2, 0.25) is 0 Å². The van der Waals surface area contributed by atoms with Crippen molar-refractivity contribution in [3.8, 4) is 5.75 Å². The molecule has 1 aromatic rings. The largest absolute Gasteiger partial charge is 0.487 e. The lowest BCUT2D eigenvalue weighted by Gasteiger charge is -2.20. The van der Waals surface area contributed by atoms with Gasteiger partial charge in [0.15, 0.2) is 0 Å². The van der Waals surface area contributed by atoms with Gasteiger partial charge in [-0.2, -0.15) is 0 Å². The van der Waals surface area contributed by atoms with Crippen molar-refractivity contribution in [1.29, 1.82) is 0 Å². The van der Waals surface area contributed by atoms with E-state index < -0.39 is 0 Å². The van der Waals surface area contributed by atoms with Gasteiger partial charge in [0.1, 0.15) is 11.4 Å². The molecule has 0 saturated carbocycles. The quantitative estimate of drug-likeness (QED) is 0.843. The van der Waals surface area contributed by atoms with Crippen LogP contribution in [0.15, 0.2) is 18.2 Å². The van der Waals surface area contributed by atoms with Gasteiger partial charge in [0, 0.05) is 26.1 Å². The van der Waals surface area contributed by atoms with Gasteiger partial charge in [-0.25, -0.2) is 0 Å². The molecule has 1 aromatic carbocycles. The Hall–Kier alpha value is -1.06. The maximum Gasteiger partial charge on any atom is 0.123 e. The van der Waals surface area contributed by atoms with Crippen LogP contribution in [0, 0.1) is 5.92 Å². The van der Waals surface area contributed by atoms with E-state index in [0.717, 1.165) is 38.5 Å². The Labute approximate surface area is 121 Å². The second-order valence-electron chi connectivity index (χ2n) is 6.91. The Morgan fingerprint density at radius 2 is 2.20 bits per heavy atom. The van der Waals surface area contributed by atoms with E-state index in [1.54, 1.807) is 0 Å². The molecule has 1 saturated heterocycles. The number of ether oxygens (including phenoxy) is 2. The van der Waals surface area contributed by atoms with Gasteiger partial charge in [0.25, 0.3) is 0 Å². The van der Waals surface area contributed by atoms with Crippen LogP contribution < -0.4 is 4.74 Å². The molecule has 3 rings (SSSR count). The number of fused-ring (bicyclic) bond motifs is 1. The van der Waals surface area contributed by atoms with Crippen molar-refractivity contribution in [3.05, 3.63) is 29.3 Å². The molecule has 0 aromatic heterocycles. The number of nitrogens with zero attached hydrogens (tertiary/aromatic N) is 1. The molecule has 2 aliphatic rings. The van der Waals surface area contributed by atoms with Gasteiger partial charge in [-0.05, 0) is 50.4 Å². The monoisotopic (exact) mass is 275 g/mol. The number of hydrogen-bond acceptors (Lipinski definition) is 3. The van der Waals surface area contributed by atoms with Crippen LogP contribution in [0.25, 0.3) is 0 Å². The average Bonchev–Trinajstić information content (AvgIpc) is 2.94. The van der Waals surface area contributed by atoms with E-state index in [2.05, 4.69) is 44.0 Å². The van der Waals surface area contributed by atoms with Gasteiger partial charge in [0.2, 0.25) is 0 Å². The zero-order valence-electron chi connectivity index (χ0n) is 12.8. The first-order valence-corrected chi connectivity index (χ1v) is 7.59. The number of hydrogen-bond donors (Lipinski definition) is 0. The lowest BCUT2D eigenvalue weighted by Crippen LogP contribution is -2.25. The fourth-order valence-electron chi connectivity index (χ4n) is 3.31. The van der Waals surface area contributed by atoms with Crippen LogP contribution in [-0.4, -0.2) is 37.3 Å². The minimum atomic E-state index is -0.0476. The van der Waals surface area contributed by atoms with Crippen molar-refractivity contribution in [2.45, 2.75) is 38.8 Å². The van der Waals surface area contributed by atoms with Crippen LogP contribution in [0.4, 0.5) is 0 Å². The van der Waals surface area contributed by atoms with Crippen molar-refractivity contribution in [1.82, 2.24) is 4.90 Å². The molecule has 20 heavy (non-hydrogen) atoms. The Morgan fingerprint density at radius 1 is 1.35 bits per heavy atom. The molecule has 0 radical (unpaired) electrons. The summed E-state index contributed by atoms with van der Waals surface area (Å²) in [6.45, 7) is 8.29. The van der Waals surface area contributed by atoms with Gasteiger partial charge in [0.05, 0.1) is 6.61 Å². The highest BCUT2D eigenvalue weighted by Crippen LogP contribution is 2.35. The minimum absolute atomic E-state index is 0.0476. The van der Waals surface area contributed by atoms with E-state index >= 15 is 0 Å². The predicted octanol–water partition coefficient (Wildman–Crippen LogP) is 2.87. The zero-order valence-corrected chi connectivity index (χ0v) is 12.8. The van der Waals surface area contributed by atoms with E-state index in [0.29, 0.717) is 5.92 Å². The lowest BCUT2D eigenvalue weighted by atomic mass is 10.00. The molecule has 3 heteroatoms. The number of benzene rings is 1. The third kappa shape index (κ3) is 3.15. The average molecular weight is 275 g/mol. The zero-order chi connectivity index (χ0) is 14.2. The van der Waals surface area contributed by atoms with Gasteiger partial charge in [-0.3, -0.25) is 0 Å². The number of rotatable bonds is 4. The topological polar surface area (TPSA) is 21.7 Å². The third-order valence-corrected chi connectivity index (χ3v) is 4.17. The molecule has 110 valence electrons. The summed E-state index contributed by atoms with van der Waals surface area (Å²) in [5.74, 6) is 1.77. The van der Waals surface area contributed by atoms with E-state index in [4.69, 9.17) is 9.47 Å². The smallest absolute Gasteiger partial charge is 0.123 e. The lowest BCUT2D eigenvalue weighted by molar-refractivity contribution is 0.138. The van der Waals surface area contributed by atoms with Crippen molar-refractivity contribution >= 4 is 0 Å². The van der Waals surface area contributed by atoms with Gasteiger partial charge >= 0.3 is 0 Å². The maximum atomic E-state index is 5.93. The SMILES string of the molecule is CN(Cc1ccc2c(c1)CC(C)(C)O2)C[C@@H]1CCOC1. The first kappa shape index (κ1) is 13.9. The molecule has 2 aliphatic heterocycles. The molecule has 0 bridgehead atoms. The van der Waals surface area contributed by atoms with Gasteiger partial charge in [-0.15, -0.1) is 0 Å². The summed E-state index contributed by atoms with van der Waals surface area (Å²) in [6, 6.07) is 6.64. The molecule has 2 heterocycles. The van der Waals surface area contributed by atoms with E-state index in [9.17, 15) is 0 Å². The van der Waals surface area contributed by atoms with Gasteiger partial charge < -0.3 is 14.4 Å². The maximum absolute atomic E-state index is 5.93. The third-order valence-electron chi connectivity index (χ3n) is 4.17. The summed E-state index contributed by atoms with van der Waals surface area (Å²) in [6.07, 6.45) is 2.22. The first-order valence-electron chi connectivity index (χ1n) is 7.59. The Kier molecular flexibility index (Phi) is 3.74. The molecular formula is C17H25NO2. The van der Waals surface area contributed by atoms with Crippen LogP contribution >= 0.6 is 0 Å². The summed E-state index contributed by atoms with van der Waals surface area (Å²) in [5.41, 5.74) is 2.69. The fourth-order valence-corrected chi connectivity index (χ4v) is 3.31. The Morgan fingerprint density at radius 3 is 2.95 bits per heavy atom. The summed E-state index contributed by atoms with van der Waals surface area (Å²) in [7, 11) is 2.20. The first-order chi connectivity index (χ1) is 9.52. The molecule has 0 unspecified atom stereocenters. The molecule has 0 amide bonds. The summed E-state index contributed by atoms with van der Waals surface area (Å²) in [4.78, 5) is 2.40. The highest BCUT2D eigenvalue weighted by Gasteiger charge is 2.29. The summed E-state index contributed by atoms with van der Waals surface area (Å²) in [5, 5.41) is 0. The molecule has 1 fully saturated rings. The Balaban J connectivity index is 1.61. The van der Waals surface area contributed by atoms with E-state index in [1.807, 2.05) is 0 Å². The second-order valence-corrected chi connectivity index (χ2v) is 6.91. The van der Waals surface area contributed by atoms with Crippen LogP contribution in [0.1, 0.15) is 31.4 Å². The summed E-state index contributed by atoms with van der Waals surface area (Å²) >= 11 is 0. The molecular weight excluding hydrogens is 250 g/mol. The van der Waals surface area contributed by atoms with Crippen molar-refractivity contribution < 1.29 is 9.47 Å². The molecule has 0 spiro atoms. The molecule has 3 nitrogen and oxygen atoms in total. The van der Waals surface area contributed by atoms with Crippen LogP contribution in [0.3, 0.4) is 0 Å². The van der Waals surface area contributed by atoms with Gasteiger partial charge in [-0.1, -0.05) is 12.1 Å². The minimum Gasteiger partial charge on any atom is -0.487 e. The van der Waals surface area contributed by atoms with Crippen molar-refractivity contribution in [3.63, 3.8) is 0 Å².